The van der Waals surface area contributed by atoms with Gasteiger partial charge in [-0.05, 0) is 30.7 Å². The minimum Gasteiger partial charge on any atom is -0.379 e. The van der Waals surface area contributed by atoms with Gasteiger partial charge in [-0.3, -0.25) is 0 Å². The van der Waals surface area contributed by atoms with Gasteiger partial charge in [0.1, 0.15) is 0 Å². The molecule has 0 spiro atoms. The molecule has 2 aromatic heterocycles. The molecule has 0 bridgehead atoms. The minimum absolute atomic E-state index is 0.262. The van der Waals surface area contributed by atoms with Crippen LogP contribution in [0.5, 0.6) is 0 Å². The molecule has 3 heterocycles. The molecule has 2 aromatic carbocycles. The predicted octanol–water partition coefficient (Wildman–Crippen LogP) is 4.38. The maximum atomic E-state index is 13.3. The number of nitrogens with one attached hydrogen (secondary N) is 2. The molecule has 0 unspecified atom stereocenters. The Morgan fingerprint density at radius 2 is 1.81 bits per heavy atom. The Labute approximate surface area is 214 Å². The van der Waals surface area contributed by atoms with E-state index in [9.17, 15) is 8.42 Å². The third kappa shape index (κ3) is 4.96. The van der Waals surface area contributed by atoms with Crippen molar-refractivity contribution in [1.29, 1.82) is 0 Å². The number of hydrogen-bond donors (Lipinski definition) is 2. The molecule has 4 aromatic rings. The van der Waals surface area contributed by atoms with Crippen molar-refractivity contribution in [1.82, 2.24) is 19.3 Å². The first-order valence-corrected chi connectivity index (χ1v) is 13.7. The van der Waals surface area contributed by atoms with Gasteiger partial charge in [-0.15, -0.1) is 0 Å². The van der Waals surface area contributed by atoms with Crippen LogP contribution in [-0.2, 0) is 14.8 Å². The van der Waals surface area contributed by atoms with E-state index in [4.69, 9.17) is 14.7 Å². The van der Waals surface area contributed by atoms with Gasteiger partial charge in [-0.1, -0.05) is 47.7 Å². The van der Waals surface area contributed by atoms with Crippen LogP contribution in [0.4, 0.5) is 16.8 Å². The number of benzene rings is 2. The zero-order chi connectivity index (χ0) is 25.1. The van der Waals surface area contributed by atoms with E-state index in [0.29, 0.717) is 43.5 Å². The van der Waals surface area contributed by atoms with E-state index in [1.807, 2.05) is 49.5 Å². The zero-order valence-corrected chi connectivity index (χ0v) is 21.6. The predicted molar refractivity (Wildman–Crippen MR) is 142 cm³/mol. The van der Waals surface area contributed by atoms with Gasteiger partial charge in [0.15, 0.2) is 5.13 Å². The Hall–Kier alpha value is -3.38. The quantitative estimate of drug-likeness (QED) is 0.368. The SMILES string of the molecule is CNc1nc(-c2ccccc2)c(-c2ccnc(Nc3ccc(C)c(S(=O)(=O)N4CCOCC4)c3)n2)s1. The number of hydrogen-bond acceptors (Lipinski definition) is 9. The van der Waals surface area contributed by atoms with Gasteiger partial charge in [-0.25, -0.2) is 23.4 Å². The van der Waals surface area contributed by atoms with Crippen molar-refractivity contribution in [3.05, 3.63) is 66.4 Å². The third-order valence-electron chi connectivity index (χ3n) is 5.81. The molecule has 11 heteroatoms. The number of aryl methyl sites for hydroxylation is 1. The summed E-state index contributed by atoms with van der Waals surface area (Å²) in [5.74, 6) is 0.365. The van der Waals surface area contributed by atoms with Crippen LogP contribution in [0.2, 0.25) is 0 Å². The van der Waals surface area contributed by atoms with Crippen LogP contribution < -0.4 is 10.6 Å². The van der Waals surface area contributed by atoms with Crippen molar-refractivity contribution in [3.63, 3.8) is 0 Å². The lowest BCUT2D eigenvalue weighted by Gasteiger charge is -2.26. The van der Waals surface area contributed by atoms with E-state index in [0.717, 1.165) is 27.0 Å². The molecule has 0 radical (unpaired) electrons. The highest BCUT2D eigenvalue weighted by Crippen LogP contribution is 2.38. The highest BCUT2D eigenvalue weighted by Gasteiger charge is 2.28. The van der Waals surface area contributed by atoms with Crippen LogP contribution in [0.25, 0.3) is 21.8 Å². The average molecular weight is 523 g/mol. The Balaban J connectivity index is 1.46. The fraction of sp³-hybridized carbons (Fsp3) is 0.240. The molecule has 5 rings (SSSR count). The summed E-state index contributed by atoms with van der Waals surface area (Å²) in [5.41, 5.74) is 3.82. The Morgan fingerprint density at radius 1 is 1.03 bits per heavy atom. The molecule has 36 heavy (non-hydrogen) atoms. The molecular weight excluding hydrogens is 496 g/mol. The summed E-state index contributed by atoms with van der Waals surface area (Å²) < 4.78 is 33.3. The number of morpholine rings is 1. The summed E-state index contributed by atoms with van der Waals surface area (Å²) >= 11 is 1.51. The van der Waals surface area contributed by atoms with Crippen LogP contribution in [0.1, 0.15) is 5.56 Å². The molecule has 1 saturated heterocycles. The van der Waals surface area contributed by atoms with Gasteiger partial charge in [-0.2, -0.15) is 4.31 Å². The second-order valence-corrected chi connectivity index (χ2v) is 11.1. The molecule has 1 fully saturated rings. The number of anilines is 3. The number of aromatic nitrogens is 3. The number of thiazole rings is 1. The monoisotopic (exact) mass is 522 g/mol. The van der Waals surface area contributed by atoms with Crippen LogP contribution >= 0.6 is 11.3 Å². The lowest BCUT2D eigenvalue weighted by molar-refractivity contribution is 0.0730. The molecular formula is C25H26N6O3S2. The van der Waals surface area contributed by atoms with E-state index >= 15 is 0 Å². The van der Waals surface area contributed by atoms with Crippen LogP contribution in [0, 0.1) is 6.92 Å². The van der Waals surface area contributed by atoms with Crippen molar-refractivity contribution in [2.75, 3.05) is 44.0 Å². The lowest BCUT2D eigenvalue weighted by Crippen LogP contribution is -2.40. The Morgan fingerprint density at radius 3 is 2.56 bits per heavy atom. The van der Waals surface area contributed by atoms with E-state index in [-0.39, 0.29) is 4.90 Å². The van der Waals surface area contributed by atoms with Crippen molar-refractivity contribution < 1.29 is 13.2 Å². The van der Waals surface area contributed by atoms with Crippen LogP contribution in [-0.4, -0.2) is 61.0 Å². The molecule has 0 amide bonds. The highest BCUT2D eigenvalue weighted by atomic mass is 32.2. The molecule has 2 N–H and O–H groups in total. The number of ether oxygens (including phenoxy) is 1. The van der Waals surface area contributed by atoms with Gasteiger partial charge in [0.2, 0.25) is 16.0 Å². The molecule has 9 nitrogen and oxygen atoms in total. The van der Waals surface area contributed by atoms with E-state index in [1.165, 1.54) is 15.6 Å². The third-order valence-corrected chi connectivity index (χ3v) is 8.94. The van der Waals surface area contributed by atoms with Gasteiger partial charge in [0, 0.05) is 37.6 Å². The van der Waals surface area contributed by atoms with E-state index < -0.39 is 10.0 Å². The normalized spacial score (nSPS) is 14.5. The van der Waals surface area contributed by atoms with Gasteiger partial charge in [0.25, 0.3) is 0 Å². The summed E-state index contributed by atoms with van der Waals surface area (Å²) in [6, 6.07) is 17.0. The topological polar surface area (TPSA) is 109 Å². The average Bonchev–Trinajstić information content (AvgIpc) is 3.36. The van der Waals surface area contributed by atoms with Crippen LogP contribution in [0.15, 0.2) is 65.7 Å². The fourth-order valence-corrected chi connectivity index (χ4v) is 6.52. The second kappa shape index (κ2) is 10.3. The van der Waals surface area contributed by atoms with Gasteiger partial charge >= 0.3 is 0 Å². The van der Waals surface area contributed by atoms with E-state index in [1.54, 1.807) is 25.3 Å². The fourth-order valence-electron chi connectivity index (χ4n) is 3.95. The highest BCUT2D eigenvalue weighted by molar-refractivity contribution is 7.89. The first-order valence-electron chi connectivity index (χ1n) is 11.5. The number of nitrogens with zero attached hydrogens (tertiary/aromatic N) is 4. The van der Waals surface area contributed by atoms with Crippen molar-refractivity contribution in [3.8, 4) is 21.8 Å². The van der Waals surface area contributed by atoms with Gasteiger partial charge in [0.05, 0.1) is 34.4 Å². The number of sulfonamides is 1. The smallest absolute Gasteiger partial charge is 0.243 e. The van der Waals surface area contributed by atoms with Crippen molar-refractivity contribution in [2.45, 2.75) is 11.8 Å². The number of rotatable bonds is 7. The summed E-state index contributed by atoms with van der Waals surface area (Å²) in [7, 11) is -1.80. The molecule has 1 aliphatic heterocycles. The molecule has 0 atom stereocenters. The molecule has 186 valence electrons. The summed E-state index contributed by atoms with van der Waals surface area (Å²) in [4.78, 5) is 15.0. The first-order chi connectivity index (χ1) is 17.5. The van der Waals surface area contributed by atoms with Gasteiger partial charge < -0.3 is 15.4 Å². The van der Waals surface area contributed by atoms with Crippen molar-refractivity contribution in [2.24, 2.45) is 0 Å². The molecule has 0 saturated carbocycles. The summed E-state index contributed by atoms with van der Waals surface area (Å²) in [6.45, 7) is 3.28. The maximum absolute atomic E-state index is 13.3. The molecule has 1 aliphatic rings. The lowest BCUT2D eigenvalue weighted by atomic mass is 10.1. The summed E-state index contributed by atoms with van der Waals surface area (Å²) in [5, 5.41) is 7.08. The van der Waals surface area contributed by atoms with Crippen LogP contribution in [0.3, 0.4) is 0 Å². The Bertz CT molecular complexity index is 1470. The zero-order valence-electron chi connectivity index (χ0n) is 19.9. The standard InChI is InChI=1S/C25H26N6O3S2/c1-17-8-9-19(16-21(17)36(32,33)31-12-14-34-15-13-31)28-24-27-11-10-20(29-24)23-22(30-25(26-2)35-23)18-6-4-3-5-7-18/h3-11,16H,12-15H2,1-2H3,(H,26,30)(H,27,28,29). The second-order valence-electron chi connectivity index (χ2n) is 8.20. The minimum atomic E-state index is -3.64. The van der Waals surface area contributed by atoms with Crippen molar-refractivity contribution >= 4 is 38.1 Å². The Kier molecular flexibility index (Phi) is 6.97. The summed E-state index contributed by atoms with van der Waals surface area (Å²) in [6.07, 6.45) is 1.68. The molecule has 0 aliphatic carbocycles. The van der Waals surface area contributed by atoms with E-state index in [2.05, 4.69) is 15.6 Å². The maximum Gasteiger partial charge on any atom is 0.243 e. The largest absolute Gasteiger partial charge is 0.379 e. The first kappa shape index (κ1) is 24.3.